The monoisotopic (exact) mass is 380 g/mol. The van der Waals surface area contributed by atoms with Crippen LogP contribution in [0.25, 0.3) is 0 Å². The number of Topliss-reactive ketones (excluding diaryl/α,β-unsaturated/α-hetero) is 1. The number of benzene rings is 2. The molecule has 0 heterocycles. The molecule has 3 heteroatoms. The van der Waals surface area contributed by atoms with Gasteiger partial charge in [-0.2, -0.15) is 0 Å². The molecule has 0 unspecified atom stereocenters. The van der Waals surface area contributed by atoms with Crippen molar-refractivity contribution in [1.29, 1.82) is 0 Å². The second-order valence-corrected chi connectivity index (χ2v) is 7.41. The van der Waals surface area contributed by atoms with Gasteiger partial charge in [0, 0.05) is 5.56 Å². The third kappa shape index (κ3) is 4.29. The summed E-state index contributed by atoms with van der Waals surface area (Å²) >= 11 is 6.45. The number of rotatable bonds is 5. The minimum atomic E-state index is -0.310. The highest BCUT2D eigenvalue weighted by atomic mass is 79.9. The Labute approximate surface area is 130 Å². The van der Waals surface area contributed by atoms with Gasteiger partial charge >= 0.3 is 0 Å². The summed E-state index contributed by atoms with van der Waals surface area (Å²) in [6.07, 6.45) is 2.01. The molecule has 0 fully saturated rings. The van der Waals surface area contributed by atoms with Crippen LogP contribution in [0.3, 0.4) is 0 Å². The smallest absolute Gasteiger partial charge is 0.187 e. The van der Waals surface area contributed by atoms with Crippen LogP contribution in [0.2, 0.25) is 0 Å². The summed E-state index contributed by atoms with van der Waals surface area (Å²) in [4.78, 5) is 11.7. The summed E-state index contributed by atoms with van der Waals surface area (Å²) in [5, 5.41) is 0. The van der Waals surface area contributed by atoms with E-state index in [1.807, 2.05) is 30.3 Å². The van der Waals surface area contributed by atoms with Gasteiger partial charge in [0.05, 0.1) is 0 Å². The highest BCUT2D eigenvalue weighted by Gasteiger charge is 2.12. The van der Waals surface area contributed by atoms with Gasteiger partial charge in [-0.05, 0) is 24.0 Å². The van der Waals surface area contributed by atoms with E-state index in [4.69, 9.17) is 0 Å². The van der Waals surface area contributed by atoms with Crippen molar-refractivity contribution < 1.29 is 4.79 Å². The Morgan fingerprint density at radius 2 is 1.37 bits per heavy atom. The maximum absolute atomic E-state index is 11.7. The zero-order valence-electron chi connectivity index (χ0n) is 10.4. The van der Waals surface area contributed by atoms with E-state index >= 15 is 0 Å². The molecule has 98 valence electrons. The van der Waals surface area contributed by atoms with Gasteiger partial charge in [-0.25, -0.2) is 0 Å². The Balaban J connectivity index is 1.98. The second kappa shape index (κ2) is 7.01. The van der Waals surface area contributed by atoms with Crippen molar-refractivity contribution in [3.63, 3.8) is 0 Å². The molecule has 2 aromatic rings. The molecular formula is C16H14Br2O. The van der Waals surface area contributed by atoms with Gasteiger partial charge in [-0.3, -0.25) is 4.79 Å². The van der Waals surface area contributed by atoms with Crippen molar-refractivity contribution in [2.24, 2.45) is 0 Å². The molecule has 0 atom stereocenters. The molecule has 0 aliphatic carbocycles. The van der Waals surface area contributed by atoms with Crippen LogP contribution in [0.1, 0.15) is 21.5 Å². The predicted octanol–water partition coefficient (Wildman–Crippen LogP) is 4.77. The van der Waals surface area contributed by atoms with Crippen LogP contribution in [-0.2, 0) is 12.8 Å². The first-order valence-corrected chi connectivity index (χ1v) is 7.95. The Kier molecular flexibility index (Phi) is 5.34. The van der Waals surface area contributed by atoms with Crippen LogP contribution < -0.4 is 0 Å². The van der Waals surface area contributed by atoms with Gasteiger partial charge in [0.2, 0.25) is 0 Å². The van der Waals surface area contributed by atoms with Gasteiger partial charge in [0.1, 0.15) is 3.74 Å². The van der Waals surface area contributed by atoms with E-state index in [1.165, 1.54) is 11.1 Å². The molecule has 0 bridgehead atoms. The second-order valence-electron chi connectivity index (χ2n) is 4.35. The first kappa shape index (κ1) is 14.5. The van der Waals surface area contributed by atoms with Gasteiger partial charge in [0.25, 0.3) is 0 Å². The van der Waals surface area contributed by atoms with E-state index in [-0.39, 0.29) is 9.52 Å². The number of hydrogen-bond acceptors (Lipinski definition) is 1. The number of ketones is 1. The molecule has 0 aromatic heterocycles. The van der Waals surface area contributed by atoms with E-state index in [1.54, 1.807) is 0 Å². The fraction of sp³-hybridized carbons (Fsp3) is 0.188. The van der Waals surface area contributed by atoms with Crippen molar-refractivity contribution in [3.8, 4) is 0 Å². The van der Waals surface area contributed by atoms with Crippen LogP contribution in [0.4, 0.5) is 0 Å². The summed E-state index contributed by atoms with van der Waals surface area (Å²) in [7, 11) is 0. The van der Waals surface area contributed by atoms with Crippen LogP contribution in [0.5, 0.6) is 0 Å². The zero-order valence-corrected chi connectivity index (χ0v) is 13.5. The Hall–Kier alpha value is -0.930. The number of carbonyl (C=O) groups excluding carboxylic acids is 1. The van der Waals surface area contributed by atoms with E-state index in [0.29, 0.717) is 0 Å². The molecule has 0 amide bonds. The normalized spacial score (nSPS) is 10.7. The molecule has 0 aliphatic rings. The van der Waals surface area contributed by atoms with E-state index in [9.17, 15) is 4.79 Å². The lowest BCUT2D eigenvalue weighted by molar-refractivity contribution is 0.101. The van der Waals surface area contributed by atoms with Crippen LogP contribution >= 0.6 is 31.9 Å². The quantitative estimate of drug-likeness (QED) is 0.538. The molecule has 0 N–H and O–H groups in total. The number of alkyl halides is 2. The molecule has 0 saturated carbocycles. The van der Waals surface area contributed by atoms with Crippen LogP contribution in [-0.4, -0.2) is 9.52 Å². The van der Waals surface area contributed by atoms with Crippen LogP contribution in [0.15, 0.2) is 54.6 Å². The molecule has 0 spiro atoms. The summed E-state index contributed by atoms with van der Waals surface area (Å²) in [5.74, 6) is 0.0506. The minimum Gasteiger partial charge on any atom is -0.292 e. The van der Waals surface area contributed by atoms with Crippen molar-refractivity contribution in [2.75, 3.05) is 0 Å². The van der Waals surface area contributed by atoms with Crippen molar-refractivity contribution in [3.05, 3.63) is 71.3 Å². The summed E-state index contributed by atoms with van der Waals surface area (Å²) in [5.41, 5.74) is 3.31. The van der Waals surface area contributed by atoms with Gasteiger partial charge in [-0.15, -0.1) is 0 Å². The molecule has 1 nitrogen and oxygen atoms in total. The summed E-state index contributed by atoms with van der Waals surface area (Å²) in [6, 6.07) is 18.2. The zero-order chi connectivity index (χ0) is 13.7. The third-order valence-electron chi connectivity index (χ3n) is 2.98. The summed E-state index contributed by atoms with van der Waals surface area (Å²) in [6.45, 7) is 0. The van der Waals surface area contributed by atoms with Crippen LogP contribution in [0, 0.1) is 0 Å². The highest BCUT2D eigenvalue weighted by molar-refractivity contribution is 9.25. The lowest BCUT2D eigenvalue weighted by Gasteiger charge is -2.05. The number of halogens is 2. The third-order valence-corrected chi connectivity index (χ3v) is 3.81. The Morgan fingerprint density at radius 3 is 1.89 bits per heavy atom. The Bertz CT molecular complexity index is 532. The molecular weight excluding hydrogens is 368 g/mol. The standard InChI is InChI=1S/C16H14Br2O/c17-16(18)15(19)14-10-8-13(9-11-14)7-6-12-4-2-1-3-5-12/h1-5,8-11,16H,6-7H2. The molecule has 19 heavy (non-hydrogen) atoms. The lowest BCUT2D eigenvalue weighted by atomic mass is 10.0. The fourth-order valence-corrected chi connectivity index (χ4v) is 2.42. The molecule has 0 aliphatic heterocycles. The summed E-state index contributed by atoms with van der Waals surface area (Å²) < 4.78 is -0.310. The average Bonchev–Trinajstić information content (AvgIpc) is 2.46. The van der Waals surface area contributed by atoms with Crippen molar-refractivity contribution >= 4 is 37.6 Å². The largest absolute Gasteiger partial charge is 0.292 e. The van der Waals surface area contributed by atoms with E-state index in [0.717, 1.165) is 18.4 Å². The van der Waals surface area contributed by atoms with Gasteiger partial charge in [0.15, 0.2) is 5.78 Å². The highest BCUT2D eigenvalue weighted by Crippen LogP contribution is 2.17. The fourth-order valence-electron chi connectivity index (χ4n) is 1.90. The predicted molar refractivity (Wildman–Crippen MR) is 86.3 cm³/mol. The van der Waals surface area contributed by atoms with Gasteiger partial charge in [-0.1, -0.05) is 86.5 Å². The van der Waals surface area contributed by atoms with E-state index < -0.39 is 0 Å². The first-order chi connectivity index (χ1) is 9.16. The Morgan fingerprint density at radius 1 is 0.842 bits per heavy atom. The van der Waals surface area contributed by atoms with Crippen molar-refractivity contribution in [2.45, 2.75) is 16.6 Å². The lowest BCUT2D eigenvalue weighted by Crippen LogP contribution is -2.06. The maximum Gasteiger partial charge on any atom is 0.187 e. The topological polar surface area (TPSA) is 17.1 Å². The van der Waals surface area contributed by atoms with E-state index in [2.05, 4.69) is 56.1 Å². The first-order valence-electron chi connectivity index (χ1n) is 6.12. The number of aryl methyl sites for hydroxylation is 2. The SMILES string of the molecule is O=C(c1ccc(CCc2ccccc2)cc1)C(Br)Br. The average molecular weight is 382 g/mol. The van der Waals surface area contributed by atoms with Gasteiger partial charge < -0.3 is 0 Å². The minimum absolute atomic E-state index is 0.0506. The number of carbonyl (C=O) groups is 1. The number of hydrogen-bond donors (Lipinski definition) is 0. The molecule has 0 saturated heterocycles. The molecule has 2 aromatic carbocycles. The molecule has 2 rings (SSSR count). The van der Waals surface area contributed by atoms with Crippen molar-refractivity contribution in [1.82, 2.24) is 0 Å². The maximum atomic E-state index is 11.7. The molecule has 0 radical (unpaired) electrons.